The van der Waals surface area contributed by atoms with E-state index in [9.17, 15) is 0 Å². The molecule has 1 aliphatic carbocycles. The lowest BCUT2D eigenvalue weighted by Gasteiger charge is -2.43. The van der Waals surface area contributed by atoms with E-state index in [1.807, 2.05) is 11.3 Å². The Morgan fingerprint density at radius 2 is 2.10 bits per heavy atom. The molecule has 20 heavy (non-hydrogen) atoms. The van der Waals surface area contributed by atoms with Crippen LogP contribution >= 0.6 is 27.3 Å². The Kier molecular flexibility index (Phi) is 6.53. The lowest BCUT2D eigenvalue weighted by molar-refractivity contribution is -0.0906. The summed E-state index contributed by atoms with van der Waals surface area (Å²) >= 11 is 5.55. The van der Waals surface area contributed by atoms with Gasteiger partial charge in [0, 0.05) is 16.0 Å². The molecule has 1 aliphatic rings. The summed E-state index contributed by atoms with van der Waals surface area (Å²) in [5.74, 6) is 0. The first-order valence-corrected chi connectivity index (χ1v) is 9.51. The van der Waals surface area contributed by atoms with Crippen molar-refractivity contribution in [1.82, 2.24) is 5.32 Å². The van der Waals surface area contributed by atoms with Crippen molar-refractivity contribution in [2.24, 2.45) is 0 Å². The molecule has 1 heterocycles. The van der Waals surface area contributed by atoms with Crippen molar-refractivity contribution in [3.05, 3.63) is 20.8 Å². The first-order chi connectivity index (χ1) is 9.73. The minimum absolute atomic E-state index is 0.0183. The Hall–Kier alpha value is 0.1000. The van der Waals surface area contributed by atoms with Crippen molar-refractivity contribution in [2.45, 2.75) is 64.0 Å². The second-order valence-corrected chi connectivity index (χ2v) is 7.38. The average Bonchev–Trinajstić information content (AvgIpc) is 2.87. The Labute approximate surface area is 135 Å². The monoisotopic (exact) mass is 359 g/mol. The second kappa shape index (κ2) is 7.92. The third-order valence-electron chi connectivity index (χ3n) is 4.16. The second-order valence-electron chi connectivity index (χ2n) is 5.58. The number of thiophene rings is 1. The van der Waals surface area contributed by atoms with Gasteiger partial charge < -0.3 is 10.1 Å². The van der Waals surface area contributed by atoms with Crippen LogP contribution in [0.2, 0.25) is 0 Å². The molecule has 4 heteroatoms. The SMILES string of the molecule is CCCNC(c1sccc1Br)C1(OCC)CCCCC1. The fourth-order valence-corrected chi connectivity index (χ4v) is 5.05. The Bertz CT molecular complexity index is 395. The molecule has 1 aromatic rings. The molecular weight excluding hydrogens is 334 g/mol. The molecule has 1 fully saturated rings. The van der Waals surface area contributed by atoms with E-state index in [2.05, 4.69) is 46.5 Å². The smallest absolute Gasteiger partial charge is 0.0884 e. The zero-order chi connectivity index (χ0) is 14.4. The zero-order valence-corrected chi connectivity index (χ0v) is 15.0. The van der Waals surface area contributed by atoms with Gasteiger partial charge in [0.2, 0.25) is 0 Å². The maximum Gasteiger partial charge on any atom is 0.0884 e. The summed E-state index contributed by atoms with van der Waals surface area (Å²) in [6.07, 6.45) is 7.42. The van der Waals surface area contributed by atoms with Crippen LogP contribution in [0.4, 0.5) is 0 Å². The number of halogens is 1. The van der Waals surface area contributed by atoms with E-state index >= 15 is 0 Å². The van der Waals surface area contributed by atoms with Crippen LogP contribution in [0.3, 0.4) is 0 Å². The summed E-state index contributed by atoms with van der Waals surface area (Å²) in [5.41, 5.74) is -0.0183. The van der Waals surface area contributed by atoms with Gasteiger partial charge in [-0.3, -0.25) is 0 Å². The minimum Gasteiger partial charge on any atom is -0.373 e. The molecule has 1 atom stereocenters. The van der Waals surface area contributed by atoms with Gasteiger partial charge in [-0.15, -0.1) is 11.3 Å². The zero-order valence-electron chi connectivity index (χ0n) is 12.6. The van der Waals surface area contributed by atoms with E-state index in [1.165, 1.54) is 41.5 Å². The van der Waals surface area contributed by atoms with Crippen molar-refractivity contribution in [2.75, 3.05) is 13.2 Å². The summed E-state index contributed by atoms with van der Waals surface area (Å²) in [6, 6.07) is 2.47. The summed E-state index contributed by atoms with van der Waals surface area (Å²) in [6.45, 7) is 6.19. The van der Waals surface area contributed by atoms with E-state index in [-0.39, 0.29) is 5.60 Å². The van der Waals surface area contributed by atoms with E-state index in [4.69, 9.17) is 4.74 Å². The topological polar surface area (TPSA) is 21.3 Å². The highest BCUT2D eigenvalue weighted by atomic mass is 79.9. The van der Waals surface area contributed by atoms with Gasteiger partial charge in [0.15, 0.2) is 0 Å². The predicted molar refractivity (Wildman–Crippen MR) is 90.5 cm³/mol. The van der Waals surface area contributed by atoms with E-state index in [0.717, 1.165) is 19.6 Å². The fourth-order valence-electron chi connectivity index (χ4n) is 3.27. The molecule has 0 aliphatic heterocycles. The van der Waals surface area contributed by atoms with Crippen molar-refractivity contribution < 1.29 is 4.74 Å². The number of rotatable bonds is 7. The number of hydrogen-bond donors (Lipinski definition) is 1. The minimum atomic E-state index is -0.0183. The first kappa shape index (κ1) is 16.5. The van der Waals surface area contributed by atoms with Crippen LogP contribution in [0, 0.1) is 0 Å². The molecule has 0 radical (unpaired) electrons. The molecule has 0 spiro atoms. The third kappa shape index (κ3) is 3.65. The largest absolute Gasteiger partial charge is 0.373 e. The maximum absolute atomic E-state index is 6.33. The highest BCUT2D eigenvalue weighted by Crippen LogP contribution is 2.45. The van der Waals surface area contributed by atoms with Gasteiger partial charge in [0.05, 0.1) is 11.6 Å². The van der Waals surface area contributed by atoms with E-state index in [1.54, 1.807) is 0 Å². The van der Waals surface area contributed by atoms with Gasteiger partial charge in [0.25, 0.3) is 0 Å². The van der Waals surface area contributed by atoms with Crippen LogP contribution in [0.15, 0.2) is 15.9 Å². The van der Waals surface area contributed by atoms with Gasteiger partial charge in [0.1, 0.15) is 0 Å². The number of hydrogen-bond acceptors (Lipinski definition) is 3. The predicted octanol–water partition coefficient (Wildman–Crippen LogP) is 5.29. The van der Waals surface area contributed by atoms with Gasteiger partial charge >= 0.3 is 0 Å². The molecule has 114 valence electrons. The lowest BCUT2D eigenvalue weighted by atomic mass is 9.78. The molecule has 0 aromatic carbocycles. The van der Waals surface area contributed by atoms with Crippen LogP contribution in [0.25, 0.3) is 0 Å². The number of ether oxygens (including phenoxy) is 1. The van der Waals surface area contributed by atoms with Crippen molar-refractivity contribution >= 4 is 27.3 Å². The summed E-state index contributed by atoms with van der Waals surface area (Å²) in [4.78, 5) is 1.40. The summed E-state index contributed by atoms with van der Waals surface area (Å²) < 4.78 is 7.55. The van der Waals surface area contributed by atoms with Crippen LogP contribution in [0.1, 0.15) is 63.3 Å². The molecule has 1 saturated carbocycles. The van der Waals surface area contributed by atoms with E-state index in [0.29, 0.717) is 6.04 Å². The van der Waals surface area contributed by atoms with Crippen LogP contribution in [-0.2, 0) is 4.74 Å². The highest BCUT2D eigenvalue weighted by molar-refractivity contribution is 9.10. The maximum atomic E-state index is 6.33. The highest BCUT2D eigenvalue weighted by Gasteiger charge is 2.42. The Morgan fingerprint density at radius 3 is 2.65 bits per heavy atom. The average molecular weight is 360 g/mol. The Morgan fingerprint density at radius 1 is 1.35 bits per heavy atom. The van der Waals surface area contributed by atoms with Crippen molar-refractivity contribution in [1.29, 1.82) is 0 Å². The molecule has 0 saturated heterocycles. The number of nitrogens with one attached hydrogen (secondary N) is 1. The molecule has 2 nitrogen and oxygen atoms in total. The van der Waals surface area contributed by atoms with Gasteiger partial charge in [-0.25, -0.2) is 0 Å². The molecule has 1 aromatic heterocycles. The standard InChI is InChI=1S/C16H26BrNOS/c1-3-11-18-15(14-13(17)8-12-20-14)16(19-4-2)9-6-5-7-10-16/h8,12,15,18H,3-7,9-11H2,1-2H3. The van der Waals surface area contributed by atoms with Crippen LogP contribution in [0.5, 0.6) is 0 Å². The molecular formula is C16H26BrNOS. The van der Waals surface area contributed by atoms with Gasteiger partial charge in [-0.05, 0) is 60.1 Å². The van der Waals surface area contributed by atoms with Crippen molar-refractivity contribution in [3.63, 3.8) is 0 Å². The molecule has 1 N–H and O–H groups in total. The molecule has 0 amide bonds. The van der Waals surface area contributed by atoms with E-state index < -0.39 is 0 Å². The summed E-state index contributed by atoms with van der Waals surface area (Å²) in [7, 11) is 0. The Balaban J connectivity index is 2.29. The molecule has 0 bridgehead atoms. The lowest BCUT2D eigenvalue weighted by Crippen LogP contribution is -2.47. The molecule has 1 unspecified atom stereocenters. The third-order valence-corrected chi connectivity index (χ3v) is 6.10. The fraction of sp³-hybridized carbons (Fsp3) is 0.750. The quantitative estimate of drug-likeness (QED) is 0.713. The van der Waals surface area contributed by atoms with Crippen LogP contribution in [-0.4, -0.2) is 18.8 Å². The first-order valence-electron chi connectivity index (χ1n) is 7.83. The summed E-state index contributed by atoms with van der Waals surface area (Å²) in [5, 5.41) is 5.93. The van der Waals surface area contributed by atoms with Gasteiger partial charge in [-0.1, -0.05) is 26.2 Å². The van der Waals surface area contributed by atoms with Crippen LogP contribution < -0.4 is 5.32 Å². The molecule has 2 rings (SSSR count). The normalized spacial score (nSPS) is 19.9. The van der Waals surface area contributed by atoms with Gasteiger partial charge in [-0.2, -0.15) is 0 Å². The van der Waals surface area contributed by atoms with Crippen molar-refractivity contribution in [3.8, 4) is 0 Å².